The number of nitro groups is 1. The van der Waals surface area contributed by atoms with Gasteiger partial charge in [0.1, 0.15) is 6.61 Å². The highest BCUT2D eigenvalue weighted by atomic mass is 16.6. The third kappa shape index (κ3) is 3.02. The highest BCUT2D eigenvalue weighted by Crippen LogP contribution is 2.21. The second kappa shape index (κ2) is 5.55. The summed E-state index contributed by atoms with van der Waals surface area (Å²) in [7, 11) is 0. The first kappa shape index (κ1) is 13.8. The summed E-state index contributed by atoms with van der Waals surface area (Å²) in [6, 6.07) is 4.28. The molecule has 0 aliphatic carbocycles. The van der Waals surface area contributed by atoms with Crippen LogP contribution >= 0.6 is 0 Å². The first-order chi connectivity index (χ1) is 9.47. The lowest BCUT2D eigenvalue weighted by Crippen LogP contribution is -2.41. The van der Waals surface area contributed by atoms with Crippen molar-refractivity contribution in [2.45, 2.75) is 19.9 Å². The number of esters is 1. The Labute approximate surface area is 115 Å². The average molecular weight is 278 g/mol. The summed E-state index contributed by atoms with van der Waals surface area (Å²) in [6.45, 7) is 3.85. The molecule has 1 unspecified atom stereocenters. The number of benzene rings is 1. The highest BCUT2D eigenvalue weighted by molar-refractivity contribution is 6.35. The van der Waals surface area contributed by atoms with Gasteiger partial charge in [0, 0.05) is 12.1 Å². The van der Waals surface area contributed by atoms with Crippen molar-refractivity contribution in [2.24, 2.45) is 4.99 Å². The van der Waals surface area contributed by atoms with E-state index < -0.39 is 10.9 Å². The Kier molecular flexibility index (Phi) is 3.83. The van der Waals surface area contributed by atoms with Gasteiger partial charge in [-0.15, -0.1) is 0 Å². The van der Waals surface area contributed by atoms with Crippen molar-refractivity contribution in [2.75, 3.05) is 12.0 Å². The summed E-state index contributed by atoms with van der Waals surface area (Å²) in [5.41, 5.74) is 6.62. The Bertz CT molecular complexity index is 585. The third-order valence-corrected chi connectivity index (χ3v) is 2.75. The van der Waals surface area contributed by atoms with Crippen LogP contribution in [0.2, 0.25) is 0 Å². The molecule has 0 bridgehead atoms. The number of rotatable bonds is 3. The SMILES string of the molecule is Cc1ccc([N+](=O)[O-])cc1NNC1=NC(C)COC1=O. The molecule has 2 rings (SSSR count). The number of aryl methyl sites for hydroxylation is 1. The molecule has 0 saturated heterocycles. The molecule has 2 N–H and O–H groups in total. The van der Waals surface area contributed by atoms with E-state index >= 15 is 0 Å². The number of carbonyl (C=O) groups is 1. The van der Waals surface area contributed by atoms with E-state index in [2.05, 4.69) is 15.8 Å². The highest BCUT2D eigenvalue weighted by Gasteiger charge is 2.21. The largest absolute Gasteiger partial charge is 0.458 e. The first-order valence-electron chi connectivity index (χ1n) is 5.99. The summed E-state index contributed by atoms with van der Waals surface area (Å²) < 4.78 is 4.90. The number of hydrogen-bond acceptors (Lipinski definition) is 7. The monoisotopic (exact) mass is 278 g/mol. The van der Waals surface area contributed by atoms with Gasteiger partial charge in [-0.05, 0) is 19.4 Å². The van der Waals surface area contributed by atoms with E-state index in [4.69, 9.17) is 4.74 Å². The van der Waals surface area contributed by atoms with Crippen LogP contribution in [0.1, 0.15) is 12.5 Å². The molecular formula is C12H14N4O4. The van der Waals surface area contributed by atoms with Crippen LogP contribution in [-0.2, 0) is 9.53 Å². The number of amidine groups is 1. The molecule has 0 radical (unpaired) electrons. The molecule has 0 amide bonds. The maximum Gasteiger partial charge on any atom is 0.375 e. The number of non-ortho nitro benzene ring substituents is 1. The molecule has 1 aliphatic rings. The van der Waals surface area contributed by atoms with Crippen LogP contribution < -0.4 is 10.9 Å². The molecule has 106 valence electrons. The second-order valence-electron chi connectivity index (χ2n) is 4.43. The normalized spacial score (nSPS) is 18.0. The number of nitrogens with one attached hydrogen (secondary N) is 2. The van der Waals surface area contributed by atoms with Crippen LogP contribution in [0, 0.1) is 17.0 Å². The number of nitrogens with zero attached hydrogens (tertiary/aromatic N) is 2. The molecule has 1 aromatic carbocycles. The lowest BCUT2D eigenvalue weighted by Gasteiger charge is -2.19. The summed E-state index contributed by atoms with van der Waals surface area (Å²) in [5, 5.41) is 10.7. The number of cyclic esters (lactones) is 1. The standard InChI is InChI=1S/C12H14N4O4/c1-7-3-4-9(16(18)19)5-10(7)14-15-11-12(17)20-6-8(2)13-11/h3-5,8,14H,6H2,1-2H3,(H,13,15). The molecule has 1 aromatic rings. The van der Waals surface area contributed by atoms with Gasteiger partial charge in [-0.2, -0.15) is 0 Å². The van der Waals surface area contributed by atoms with Crippen molar-refractivity contribution in [1.29, 1.82) is 0 Å². The average Bonchev–Trinajstić information content (AvgIpc) is 2.41. The molecule has 0 aromatic heterocycles. The van der Waals surface area contributed by atoms with Crippen molar-refractivity contribution in [3.8, 4) is 0 Å². The fourth-order valence-corrected chi connectivity index (χ4v) is 1.64. The van der Waals surface area contributed by atoms with Gasteiger partial charge in [0.05, 0.1) is 16.7 Å². The quantitative estimate of drug-likeness (QED) is 0.488. The molecular weight excluding hydrogens is 264 g/mol. The van der Waals surface area contributed by atoms with E-state index in [1.807, 2.05) is 6.92 Å². The zero-order valence-corrected chi connectivity index (χ0v) is 11.0. The molecule has 20 heavy (non-hydrogen) atoms. The summed E-state index contributed by atoms with van der Waals surface area (Å²) in [4.78, 5) is 25.8. The van der Waals surface area contributed by atoms with Crippen molar-refractivity contribution >= 4 is 23.2 Å². The Hall–Kier alpha value is -2.64. The number of anilines is 1. The van der Waals surface area contributed by atoms with Crippen LogP contribution in [0.25, 0.3) is 0 Å². The van der Waals surface area contributed by atoms with E-state index in [0.29, 0.717) is 5.69 Å². The molecule has 1 aliphatic heterocycles. The van der Waals surface area contributed by atoms with E-state index in [-0.39, 0.29) is 24.2 Å². The van der Waals surface area contributed by atoms with Gasteiger partial charge in [-0.1, -0.05) is 6.07 Å². The fourth-order valence-electron chi connectivity index (χ4n) is 1.64. The van der Waals surface area contributed by atoms with Gasteiger partial charge >= 0.3 is 5.97 Å². The summed E-state index contributed by atoms with van der Waals surface area (Å²) >= 11 is 0. The summed E-state index contributed by atoms with van der Waals surface area (Å²) in [6.07, 6.45) is 0. The Morgan fingerprint density at radius 2 is 2.20 bits per heavy atom. The number of aliphatic imine (C=N–C) groups is 1. The molecule has 0 spiro atoms. The van der Waals surface area contributed by atoms with Crippen molar-refractivity contribution in [3.63, 3.8) is 0 Å². The number of hydrazine groups is 1. The number of nitro benzene ring substituents is 1. The number of carbonyl (C=O) groups excluding carboxylic acids is 1. The third-order valence-electron chi connectivity index (χ3n) is 2.75. The Morgan fingerprint density at radius 3 is 2.90 bits per heavy atom. The smallest absolute Gasteiger partial charge is 0.375 e. The Balaban J connectivity index is 2.12. The van der Waals surface area contributed by atoms with Crippen LogP contribution in [0.3, 0.4) is 0 Å². The van der Waals surface area contributed by atoms with Crippen LogP contribution in [0.4, 0.5) is 11.4 Å². The van der Waals surface area contributed by atoms with E-state index in [1.54, 1.807) is 13.0 Å². The first-order valence-corrected chi connectivity index (χ1v) is 5.99. The minimum Gasteiger partial charge on any atom is -0.458 e. The topological polar surface area (TPSA) is 106 Å². The van der Waals surface area contributed by atoms with E-state index in [0.717, 1.165) is 5.56 Å². The van der Waals surface area contributed by atoms with Gasteiger partial charge < -0.3 is 4.74 Å². The predicted molar refractivity (Wildman–Crippen MR) is 72.4 cm³/mol. The molecule has 8 nitrogen and oxygen atoms in total. The van der Waals surface area contributed by atoms with Crippen LogP contribution in [-0.4, -0.2) is 29.4 Å². The van der Waals surface area contributed by atoms with Crippen molar-refractivity contribution in [1.82, 2.24) is 5.43 Å². The zero-order chi connectivity index (χ0) is 14.7. The van der Waals surface area contributed by atoms with Crippen molar-refractivity contribution in [3.05, 3.63) is 33.9 Å². The van der Waals surface area contributed by atoms with Gasteiger partial charge in [-0.25, -0.2) is 4.79 Å². The molecule has 0 saturated carbocycles. The molecule has 0 fully saturated rings. The van der Waals surface area contributed by atoms with Gasteiger partial charge in [0.15, 0.2) is 0 Å². The maximum atomic E-state index is 11.5. The fraction of sp³-hybridized carbons (Fsp3) is 0.333. The predicted octanol–water partition coefficient (Wildman–Crippen LogP) is 1.16. The lowest BCUT2D eigenvalue weighted by molar-refractivity contribution is -0.384. The number of hydrogen-bond donors (Lipinski definition) is 2. The van der Waals surface area contributed by atoms with Crippen LogP contribution in [0.5, 0.6) is 0 Å². The molecule has 8 heteroatoms. The van der Waals surface area contributed by atoms with Gasteiger partial charge in [0.2, 0.25) is 5.84 Å². The van der Waals surface area contributed by atoms with Gasteiger partial charge in [-0.3, -0.25) is 26.0 Å². The van der Waals surface area contributed by atoms with E-state index in [1.165, 1.54) is 12.1 Å². The van der Waals surface area contributed by atoms with Crippen LogP contribution in [0.15, 0.2) is 23.2 Å². The van der Waals surface area contributed by atoms with Crippen molar-refractivity contribution < 1.29 is 14.5 Å². The maximum absolute atomic E-state index is 11.5. The zero-order valence-electron chi connectivity index (χ0n) is 11.0. The van der Waals surface area contributed by atoms with Gasteiger partial charge in [0.25, 0.3) is 5.69 Å². The lowest BCUT2D eigenvalue weighted by atomic mass is 10.2. The minimum atomic E-state index is -0.557. The summed E-state index contributed by atoms with van der Waals surface area (Å²) in [5.74, 6) is -0.506. The number of ether oxygens (including phenoxy) is 1. The van der Waals surface area contributed by atoms with E-state index in [9.17, 15) is 14.9 Å². The molecule has 1 atom stereocenters. The second-order valence-corrected chi connectivity index (χ2v) is 4.43. The Morgan fingerprint density at radius 1 is 1.45 bits per heavy atom. The molecule has 1 heterocycles. The minimum absolute atomic E-state index is 0.0403.